The zero-order valence-corrected chi connectivity index (χ0v) is 14.0. The fourth-order valence-corrected chi connectivity index (χ4v) is 3.15. The number of hydrogen-bond acceptors (Lipinski definition) is 3. The number of nitrogens with zero attached hydrogens (tertiary/aromatic N) is 1. The van der Waals surface area contributed by atoms with Crippen molar-refractivity contribution in [2.75, 3.05) is 11.9 Å². The largest absolute Gasteiger partial charge is 0.381 e. The fraction of sp³-hybridized carbons (Fsp3) is 0.400. The van der Waals surface area contributed by atoms with Gasteiger partial charge in [-0.3, -0.25) is 4.79 Å². The second-order valence-corrected chi connectivity index (χ2v) is 6.40. The van der Waals surface area contributed by atoms with E-state index in [9.17, 15) is 4.79 Å². The number of carbonyl (C=O) groups is 1. The Labute approximate surface area is 143 Å². The number of nitrogens with one attached hydrogen (secondary N) is 2. The molecule has 0 saturated heterocycles. The van der Waals surface area contributed by atoms with Gasteiger partial charge in [-0.05, 0) is 37.0 Å². The van der Waals surface area contributed by atoms with Gasteiger partial charge in [-0.15, -0.1) is 0 Å². The van der Waals surface area contributed by atoms with Crippen LogP contribution in [0.3, 0.4) is 0 Å². The fourth-order valence-electron chi connectivity index (χ4n) is 3.15. The van der Waals surface area contributed by atoms with Crippen molar-refractivity contribution in [1.29, 1.82) is 0 Å². The summed E-state index contributed by atoms with van der Waals surface area (Å²) in [6.07, 6.45) is 8.98. The van der Waals surface area contributed by atoms with Crippen LogP contribution in [0, 0.1) is 0 Å². The van der Waals surface area contributed by atoms with Crippen LogP contribution < -0.4 is 10.6 Å². The number of pyridine rings is 1. The van der Waals surface area contributed by atoms with E-state index in [0.29, 0.717) is 18.3 Å². The van der Waals surface area contributed by atoms with Crippen LogP contribution in [0.2, 0.25) is 0 Å². The minimum absolute atomic E-state index is 0.116. The monoisotopic (exact) mass is 323 g/mol. The van der Waals surface area contributed by atoms with E-state index in [1.165, 1.54) is 37.7 Å². The van der Waals surface area contributed by atoms with Gasteiger partial charge in [0.2, 0.25) is 0 Å². The number of rotatable bonds is 6. The van der Waals surface area contributed by atoms with Crippen LogP contribution in [0.4, 0.5) is 5.69 Å². The van der Waals surface area contributed by atoms with Crippen LogP contribution in [0.5, 0.6) is 0 Å². The molecule has 0 bridgehead atoms. The summed E-state index contributed by atoms with van der Waals surface area (Å²) in [5, 5.41) is 6.44. The van der Waals surface area contributed by atoms with E-state index in [4.69, 9.17) is 0 Å². The Kier molecular flexibility index (Phi) is 5.83. The second kappa shape index (κ2) is 8.48. The minimum atomic E-state index is -0.116. The van der Waals surface area contributed by atoms with Crippen molar-refractivity contribution in [1.82, 2.24) is 10.3 Å². The summed E-state index contributed by atoms with van der Waals surface area (Å²) >= 11 is 0. The Morgan fingerprint density at radius 2 is 1.83 bits per heavy atom. The number of anilines is 1. The van der Waals surface area contributed by atoms with Gasteiger partial charge in [0.05, 0.1) is 11.9 Å². The number of carbonyl (C=O) groups excluding carboxylic acids is 1. The topological polar surface area (TPSA) is 54.0 Å². The molecule has 0 unspecified atom stereocenters. The van der Waals surface area contributed by atoms with Gasteiger partial charge in [0, 0.05) is 12.6 Å². The molecule has 1 aliphatic carbocycles. The maximum Gasteiger partial charge on any atom is 0.269 e. The molecule has 2 aromatic rings. The molecule has 2 N–H and O–H groups in total. The summed E-state index contributed by atoms with van der Waals surface area (Å²) < 4.78 is 0. The molecule has 4 nitrogen and oxygen atoms in total. The van der Waals surface area contributed by atoms with Crippen LogP contribution in [0.25, 0.3) is 0 Å². The number of amides is 1. The predicted molar refractivity (Wildman–Crippen MR) is 97.2 cm³/mol. The van der Waals surface area contributed by atoms with Gasteiger partial charge in [0.25, 0.3) is 5.91 Å². The first-order valence-electron chi connectivity index (χ1n) is 8.86. The summed E-state index contributed by atoms with van der Waals surface area (Å²) in [6, 6.07) is 14.4. The van der Waals surface area contributed by atoms with Crippen molar-refractivity contribution in [3.63, 3.8) is 0 Å². The van der Waals surface area contributed by atoms with Crippen LogP contribution in [0.15, 0.2) is 48.7 Å². The molecule has 4 heteroatoms. The molecule has 0 aliphatic heterocycles. The maximum absolute atomic E-state index is 12.1. The van der Waals surface area contributed by atoms with E-state index in [-0.39, 0.29) is 5.91 Å². The lowest BCUT2D eigenvalue weighted by Gasteiger charge is -2.23. The summed E-state index contributed by atoms with van der Waals surface area (Å²) in [5.41, 5.74) is 2.69. The molecule has 1 aromatic carbocycles. The highest BCUT2D eigenvalue weighted by atomic mass is 16.1. The lowest BCUT2D eigenvalue weighted by molar-refractivity contribution is 0.0949. The molecular formula is C20H25N3O. The van der Waals surface area contributed by atoms with Gasteiger partial charge in [-0.25, -0.2) is 4.98 Å². The third kappa shape index (κ3) is 4.82. The molecule has 0 radical (unpaired) electrons. The highest BCUT2D eigenvalue weighted by Crippen LogP contribution is 2.21. The standard InChI is InChI=1S/C20H25N3O/c24-20(21-14-13-16-7-3-1-4-8-16)19-12-11-18(15-22-19)23-17-9-5-2-6-10-17/h1,3-4,7-8,11-12,15,17,23H,2,5-6,9-10,13-14H2,(H,21,24). The van der Waals surface area contributed by atoms with E-state index in [0.717, 1.165) is 12.1 Å². The van der Waals surface area contributed by atoms with E-state index in [1.54, 1.807) is 12.3 Å². The van der Waals surface area contributed by atoms with Crippen LogP contribution >= 0.6 is 0 Å². The molecule has 1 aliphatic rings. The normalized spacial score (nSPS) is 15.0. The first-order chi connectivity index (χ1) is 11.8. The molecular weight excluding hydrogens is 298 g/mol. The molecule has 1 fully saturated rings. The Morgan fingerprint density at radius 1 is 1.04 bits per heavy atom. The number of benzene rings is 1. The number of aromatic nitrogens is 1. The zero-order chi connectivity index (χ0) is 16.6. The van der Waals surface area contributed by atoms with Gasteiger partial charge < -0.3 is 10.6 Å². The maximum atomic E-state index is 12.1. The average Bonchev–Trinajstić information content (AvgIpc) is 2.64. The van der Waals surface area contributed by atoms with Crippen LogP contribution in [0.1, 0.15) is 48.2 Å². The van der Waals surface area contributed by atoms with Crippen LogP contribution in [-0.4, -0.2) is 23.5 Å². The summed E-state index contributed by atoms with van der Waals surface area (Å²) in [7, 11) is 0. The summed E-state index contributed by atoms with van der Waals surface area (Å²) in [4.78, 5) is 16.4. The van der Waals surface area contributed by atoms with Crippen molar-refractivity contribution in [3.8, 4) is 0 Å². The summed E-state index contributed by atoms with van der Waals surface area (Å²) in [5.74, 6) is -0.116. The quantitative estimate of drug-likeness (QED) is 0.850. The van der Waals surface area contributed by atoms with Crippen LogP contribution in [-0.2, 0) is 6.42 Å². The smallest absolute Gasteiger partial charge is 0.269 e. The first-order valence-corrected chi connectivity index (χ1v) is 8.86. The van der Waals surface area contributed by atoms with Gasteiger partial charge in [-0.1, -0.05) is 49.6 Å². The van der Waals surface area contributed by atoms with E-state index >= 15 is 0 Å². The average molecular weight is 323 g/mol. The first kappa shape index (κ1) is 16.5. The second-order valence-electron chi connectivity index (χ2n) is 6.40. The van der Waals surface area contributed by atoms with Crippen molar-refractivity contribution in [2.24, 2.45) is 0 Å². The Bertz CT molecular complexity index is 634. The highest BCUT2D eigenvalue weighted by molar-refractivity contribution is 5.92. The molecule has 0 atom stereocenters. The van der Waals surface area contributed by atoms with Gasteiger partial charge in [0.15, 0.2) is 0 Å². The molecule has 0 spiro atoms. The Morgan fingerprint density at radius 3 is 2.54 bits per heavy atom. The Balaban J connectivity index is 1.46. The highest BCUT2D eigenvalue weighted by Gasteiger charge is 2.13. The molecule has 126 valence electrons. The molecule has 1 aromatic heterocycles. The van der Waals surface area contributed by atoms with E-state index in [1.807, 2.05) is 24.3 Å². The third-order valence-corrected chi connectivity index (χ3v) is 4.51. The minimum Gasteiger partial charge on any atom is -0.381 e. The zero-order valence-electron chi connectivity index (χ0n) is 14.0. The van der Waals surface area contributed by atoms with Gasteiger partial charge in [0.1, 0.15) is 5.69 Å². The lowest BCUT2D eigenvalue weighted by Crippen LogP contribution is -2.26. The molecule has 3 rings (SSSR count). The third-order valence-electron chi connectivity index (χ3n) is 4.51. The Hall–Kier alpha value is -2.36. The van der Waals surface area contributed by atoms with Crippen molar-refractivity contribution in [3.05, 3.63) is 59.9 Å². The summed E-state index contributed by atoms with van der Waals surface area (Å²) in [6.45, 7) is 0.618. The van der Waals surface area contributed by atoms with Gasteiger partial charge in [-0.2, -0.15) is 0 Å². The van der Waals surface area contributed by atoms with Crippen molar-refractivity contribution >= 4 is 11.6 Å². The van der Waals surface area contributed by atoms with Crippen molar-refractivity contribution < 1.29 is 4.79 Å². The predicted octanol–water partition coefficient (Wildman–Crippen LogP) is 3.80. The molecule has 1 amide bonds. The van der Waals surface area contributed by atoms with E-state index < -0.39 is 0 Å². The SMILES string of the molecule is O=C(NCCc1ccccc1)c1ccc(NC2CCCCC2)cn1. The molecule has 1 saturated carbocycles. The van der Waals surface area contributed by atoms with Gasteiger partial charge >= 0.3 is 0 Å². The van der Waals surface area contributed by atoms with Crippen molar-refractivity contribution in [2.45, 2.75) is 44.6 Å². The number of hydrogen-bond donors (Lipinski definition) is 2. The van der Waals surface area contributed by atoms with E-state index in [2.05, 4.69) is 27.8 Å². The molecule has 1 heterocycles. The lowest BCUT2D eigenvalue weighted by atomic mass is 9.95. The molecule has 24 heavy (non-hydrogen) atoms.